The van der Waals surface area contributed by atoms with Crippen LogP contribution in [0.3, 0.4) is 0 Å². The smallest absolute Gasteiger partial charge is 0.0991 e. The highest BCUT2D eigenvalue weighted by molar-refractivity contribution is 6.22. The fourth-order valence-corrected chi connectivity index (χ4v) is 7.88. The molecule has 0 aliphatic carbocycles. The van der Waals surface area contributed by atoms with Crippen molar-refractivity contribution in [1.82, 2.24) is 4.98 Å². The third-order valence-corrected chi connectivity index (χ3v) is 10.2. The Bertz CT molecular complexity index is 2960. The average molecular weight is 633 g/mol. The molecule has 230 valence electrons. The molecule has 0 fully saturated rings. The summed E-state index contributed by atoms with van der Waals surface area (Å²) in [7, 11) is 0. The van der Waals surface area contributed by atoms with Crippen LogP contribution in [0.5, 0.6) is 0 Å². The first kappa shape index (κ1) is 28.2. The fourth-order valence-electron chi connectivity index (χ4n) is 7.88. The number of aromatic nitrogens is 1. The Morgan fingerprint density at radius 1 is 0.360 bits per heavy atom. The molecule has 0 saturated carbocycles. The van der Waals surface area contributed by atoms with Crippen molar-refractivity contribution >= 4 is 64.9 Å². The topological polar surface area (TPSA) is 36.7 Å². The van der Waals surface area contributed by atoms with Crippen molar-refractivity contribution in [2.45, 2.75) is 0 Å². The zero-order chi connectivity index (χ0) is 33.2. The fraction of sp³-hybridized carbons (Fsp3) is 0. The van der Waals surface area contributed by atoms with Gasteiger partial charge in [0, 0.05) is 27.1 Å². The molecular formula is C48H28N2. The molecule has 0 bridgehead atoms. The van der Waals surface area contributed by atoms with E-state index in [1.165, 1.54) is 37.9 Å². The third kappa shape index (κ3) is 4.38. The molecule has 0 atom stereocenters. The van der Waals surface area contributed by atoms with Crippen LogP contribution in [-0.2, 0) is 0 Å². The summed E-state index contributed by atoms with van der Waals surface area (Å²) in [6.45, 7) is 0. The highest BCUT2D eigenvalue weighted by Gasteiger charge is 2.18. The minimum absolute atomic E-state index is 0.642. The van der Waals surface area contributed by atoms with E-state index in [1.54, 1.807) is 0 Å². The van der Waals surface area contributed by atoms with Gasteiger partial charge in [0.15, 0.2) is 0 Å². The van der Waals surface area contributed by atoms with Gasteiger partial charge in [0.25, 0.3) is 0 Å². The van der Waals surface area contributed by atoms with Crippen LogP contribution in [0.2, 0.25) is 0 Å². The number of nitriles is 1. The number of hydrogen-bond donors (Lipinski definition) is 0. The SMILES string of the molecule is N#Cc1cccc(-c2cc(-c3cc4ccccc4c4ccccc34)cc(-c3c4ccc5ccccc5c4nc4c3ccc3ccccc34)c2)c1. The van der Waals surface area contributed by atoms with Crippen molar-refractivity contribution in [3.05, 3.63) is 175 Å². The molecule has 2 heteroatoms. The van der Waals surface area contributed by atoms with E-state index in [1.807, 2.05) is 18.2 Å². The Hall–Kier alpha value is -6.82. The summed E-state index contributed by atoms with van der Waals surface area (Å²) in [6, 6.07) is 62.9. The lowest BCUT2D eigenvalue weighted by atomic mass is 9.87. The lowest BCUT2D eigenvalue weighted by Crippen LogP contribution is -1.94. The minimum atomic E-state index is 0.642. The second-order valence-electron chi connectivity index (χ2n) is 13.0. The molecule has 10 aromatic rings. The molecular weight excluding hydrogens is 605 g/mol. The number of hydrogen-bond acceptors (Lipinski definition) is 2. The van der Waals surface area contributed by atoms with Gasteiger partial charge in [-0.15, -0.1) is 0 Å². The number of nitrogens with zero attached hydrogens (tertiary/aromatic N) is 2. The van der Waals surface area contributed by atoms with Gasteiger partial charge in [0.1, 0.15) is 0 Å². The van der Waals surface area contributed by atoms with E-state index in [0.29, 0.717) is 5.56 Å². The Kier molecular flexibility index (Phi) is 6.28. The quantitative estimate of drug-likeness (QED) is 0.144. The third-order valence-electron chi connectivity index (χ3n) is 10.2. The summed E-state index contributed by atoms with van der Waals surface area (Å²) in [5, 5.41) is 21.6. The zero-order valence-electron chi connectivity index (χ0n) is 27.1. The predicted molar refractivity (Wildman–Crippen MR) is 210 cm³/mol. The van der Waals surface area contributed by atoms with E-state index in [0.717, 1.165) is 60.4 Å². The summed E-state index contributed by atoms with van der Waals surface area (Å²) in [4.78, 5) is 5.44. The second-order valence-corrected chi connectivity index (χ2v) is 13.0. The molecule has 0 amide bonds. The second kappa shape index (κ2) is 11.1. The summed E-state index contributed by atoms with van der Waals surface area (Å²) in [5.41, 5.74) is 9.28. The lowest BCUT2D eigenvalue weighted by molar-refractivity contribution is 1.48. The maximum Gasteiger partial charge on any atom is 0.0991 e. The molecule has 0 radical (unpaired) electrons. The molecule has 0 saturated heterocycles. The summed E-state index contributed by atoms with van der Waals surface area (Å²) >= 11 is 0. The molecule has 0 aliphatic rings. The predicted octanol–water partition coefficient (Wildman–Crippen LogP) is 12.9. The molecule has 0 unspecified atom stereocenters. The maximum absolute atomic E-state index is 9.85. The summed E-state index contributed by atoms with van der Waals surface area (Å²) < 4.78 is 0. The first-order valence-corrected chi connectivity index (χ1v) is 16.9. The van der Waals surface area contributed by atoms with Gasteiger partial charge in [0.2, 0.25) is 0 Å². The highest BCUT2D eigenvalue weighted by Crippen LogP contribution is 2.44. The van der Waals surface area contributed by atoms with Gasteiger partial charge in [-0.2, -0.15) is 5.26 Å². The van der Waals surface area contributed by atoms with Crippen LogP contribution < -0.4 is 0 Å². The lowest BCUT2D eigenvalue weighted by Gasteiger charge is -2.18. The molecule has 1 heterocycles. The van der Waals surface area contributed by atoms with Crippen LogP contribution in [0.15, 0.2) is 170 Å². The Labute approximate surface area is 289 Å². The average Bonchev–Trinajstić information content (AvgIpc) is 3.19. The van der Waals surface area contributed by atoms with Crippen molar-refractivity contribution in [1.29, 1.82) is 5.26 Å². The van der Waals surface area contributed by atoms with Crippen molar-refractivity contribution in [3.63, 3.8) is 0 Å². The van der Waals surface area contributed by atoms with Gasteiger partial charge in [-0.1, -0.05) is 133 Å². The maximum atomic E-state index is 9.85. The van der Waals surface area contributed by atoms with E-state index < -0.39 is 0 Å². The van der Waals surface area contributed by atoms with Crippen LogP contribution >= 0.6 is 0 Å². The van der Waals surface area contributed by atoms with Crippen molar-refractivity contribution in [2.75, 3.05) is 0 Å². The number of pyridine rings is 1. The minimum Gasteiger partial charge on any atom is -0.246 e. The molecule has 0 aliphatic heterocycles. The highest BCUT2D eigenvalue weighted by atomic mass is 14.7. The van der Waals surface area contributed by atoms with Gasteiger partial charge in [-0.25, -0.2) is 4.98 Å². The van der Waals surface area contributed by atoms with Crippen LogP contribution in [0.25, 0.3) is 98.3 Å². The Morgan fingerprint density at radius 3 is 1.60 bits per heavy atom. The molecule has 50 heavy (non-hydrogen) atoms. The molecule has 9 aromatic carbocycles. The van der Waals surface area contributed by atoms with Crippen LogP contribution in [0, 0.1) is 11.3 Å². The Morgan fingerprint density at radius 2 is 0.920 bits per heavy atom. The number of rotatable bonds is 3. The zero-order valence-corrected chi connectivity index (χ0v) is 27.1. The molecule has 1 aromatic heterocycles. The summed E-state index contributed by atoms with van der Waals surface area (Å²) in [6.07, 6.45) is 0. The Balaban J connectivity index is 1.37. The van der Waals surface area contributed by atoms with Crippen LogP contribution in [0.1, 0.15) is 5.56 Å². The monoisotopic (exact) mass is 632 g/mol. The van der Waals surface area contributed by atoms with E-state index >= 15 is 0 Å². The van der Waals surface area contributed by atoms with Gasteiger partial charge >= 0.3 is 0 Å². The molecule has 10 rings (SSSR count). The van der Waals surface area contributed by atoms with E-state index in [2.05, 4.69) is 158 Å². The van der Waals surface area contributed by atoms with E-state index in [4.69, 9.17) is 4.98 Å². The van der Waals surface area contributed by atoms with E-state index in [9.17, 15) is 5.26 Å². The van der Waals surface area contributed by atoms with Crippen LogP contribution in [-0.4, -0.2) is 4.98 Å². The molecule has 0 N–H and O–H groups in total. The first-order chi connectivity index (χ1) is 24.7. The van der Waals surface area contributed by atoms with Gasteiger partial charge in [-0.05, 0) is 96.5 Å². The standard InChI is InChI=1S/C48H28N2/c49-29-30-10-9-14-33(24-30)35-25-36(45-28-34-13-3-4-15-38(34)41-18-7-8-19-42(41)45)27-37(26-35)46-43-22-20-31-11-1-5-16-39(31)47(43)50-48-40-17-6-2-12-32(40)21-23-44(46)48/h1-28H. The largest absolute Gasteiger partial charge is 0.246 e. The van der Waals surface area contributed by atoms with Crippen molar-refractivity contribution in [2.24, 2.45) is 0 Å². The first-order valence-electron chi connectivity index (χ1n) is 16.9. The van der Waals surface area contributed by atoms with Crippen molar-refractivity contribution < 1.29 is 0 Å². The molecule has 0 spiro atoms. The van der Waals surface area contributed by atoms with Crippen LogP contribution in [0.4, 0.5) is 0 Å². The summed E-state index contributed by atoms with van der Waals surface area (Å²) in [5.74, 6) is 0. The van der Waals surface area contributed by atoms with Gasteiger partial charge in [-0.3, -0.25) is 0 Å². The van der Waals surface area contributed by atoms with Crippen molar-refractivity contribution in [3.8, 4) is 39.4 Å². The van der Waals surface area contributed by atoms with Gasteiger partial charge in [0.05, 0.1) is 22.7 Å². The number of benzene rings is 9. The molecule has 2 nitrogen and oxygen atoms in total. The van der Waals surface area contributed by atoms with E-state index in [-0.39, 0.29) is 0 Å². The number of fused-ring (bicyclic) bond motifs is 9. The normalized spacial score (nSPS) is 11.6. The van der Waals surface area contributed by atoms with Gasteiger partial charge < -0.3 is 0 Å².